The minimum atomic E-state index is -1.76. The summed E-state index contributed by atoms with van der Waals surface area (Å²) in [7, 11) is 0. The standard InChI is InChI=1S/C24H30O6/c1-15-9-11-17-21(2)14-28-20-19(23(15,17)13-24(27,30-20)22(21,3)26)29-18(25)12-10-16-7-5-4-6-8-16/h4-8,11,15,19-20,26-27H,9-10,12-14H2,1-3H3/t15-,19+,20?,21-,22-,23+,24-/m1/s1. The number of carbonyl (C=O) groups is 1. The van der Waals surface area contributed by atoms with Crippen LogP contribution in [-0.2, 0) is 25.4 Å². The molecule has 6 rings (SSSR count). The maximum atomic E-state index is 12.8. The number of aryl methyl sites for hydroxylation is 1. The van der Waals surface area contributed by atoms with Crippen LogP contribution in [0, 0.1) is 16.7 Å². The van der Waals surface area contributed by atoms with Gasteiger partial charge in [-0.25, -0.2) is 0 Å². The average molecular weight is 414 g/mol. The maximum absolute atomic E-state index is 12.8. The fraction of sp³-hybridized carbons (Fsp3) is 0.625. The average Bonchev–Trinajstić information content (AvgIpc) is 2.98. The topological polar surface area (TPSA) is 85.2 Å². The lowest BCUT2D eigenvalue weighted by Crippen LogP contribution is -2.75. The van der Waals surface area contributed by atoms with Gasteiger partial charge in [-0.15, -0.1) is 0 Å². The molecule has 6 heteroatoms. The summed E-state index contributed by atoms with van der Waals surface area (Å²) in [5, 5.41) is 22.8. The molecule has 6 nitrogen and oxygen atoms in total. The molecule has 1 spiro atoms. The Hall–Kier alpha value is -1.73. The first kappa shape index (κ1) is 20.2. The zero-order valence-corrected chi connectivity index (χ0v) is 17.8. The van der Waals surface area contributed by atoms with Gasteiger partial charge in [0.05, 0.1) is 6.61 Å². The van der Waals surface area contributed by atoms with Gasteiger partial charge in [0.15, 0.2) is 18.2 Å². The Bertz CT molecular complexity index is 894. The molecule has 5 aliphatic rings. The van der Waals surface area contributed by atoms with Crippen LogP contribution in [0.4, 0.5) is 0 Å². The molecule has 3 heterocycles. The lowest BCUT2D eigenvalue weighted by atomic mass is 9.48. The summed E-state index contributed by atoms with van der Waals surface area (Å²) >= 11 is 0. The number of fused-ring (bicyclic) bond motifs is 1. The van der Waals surface area contributed by atoms with Crippen molar-refractivity contribution >= 4 is 5.97 Å². The fourth-order valence-corrected chi connectivity index (χ4v) is 6.26. The predicted octanol–water partition coefficient (Wildman–Crippen LogP) is 2.72. The second-order valence-corrected chi connectivity index (χ2v) is 9.85. The van der Waals surface area contributed by atoms with Gasteiger partial charge in [-0.1, -0.05) is 55.8 Å². The Balaban J connectivity index is 1.47. The number of benzene rings is 1. The van der Waals surface area contributed by atoms with Crippen molar-refractivity contribution in [2.45, 2.75) is 70.2 Å². The molecule has 4 fully saturated rings. The quantitative estimate of drug-likeness (QED) is 0.582. The zero-order valence-electron chi connectivity index (χ0n) is 17.8. The maximum Gasteiger partial charge on any atom is 0.306 e. The highest BCUT2D eigenvalue weighted by Crippen LogP contribution is 2.71. The molecule has 3 aliphatic heterocycles. The zero-order chi connectivity index (χ0) is 21.4. The van der Waals surface area contributed by atoms with Crippen LogP contribution in [0.15, 0.2) is 42.0 Å². The van der Waals surface area contributed by atoms with Crippen LogP contribution in [0.2, 0.25) is 0 Å². The van der Waals surface area contributed by atoms with E-state index in [1.54, 1.807) is 6.92 Å². The van der Waals surface area contributed by atoms with Crippen molar-refractivity contribution < 1.29 is 29.2 Å². The minimum Gasteiger partial charge on any atom is -0.456 e. The van der Waals surface area contributed by atoms with Crippen LogP contribution >= 0.6 is 0 Å². The summed E-state index contributed by atoms with van der Waals surface area (Å²) in [4.78, 5) is 12.8. The van der Waals surface area contributed by atoms with E-state index in [1.807, 2.05) is 37.3 Å². The van der Waals surface area contributed by atoms with Gasteiger partial charge in [-0.05, 0) is 31.2 Å². The molecule has 0 radical (unpaired) electrons. The molecule has 2 N–H and O–H groups in total. The smallest absolute Gasteiger partial charge is 0.306 e. The summed E-state index contributed by atoms with van der Waals surface area (Å²) in [6, 6.07) is 9.83. The molecule has 30 heavy (non-hydrogen) atoms. The summed E-state index contributed by atoms with van der Waals surface area (Å²) in [6.07, 6.45) is 2.44. The van der Waals surface area contributed by atoms with Gasteiger partial charge in [0.25, 0.3) is 0 Å². The molecule has 1 aromatic carbocycles. The molecule has 1 unspecified atom stereocenters. The van der Waals surface area contributed by atoms with Crippen LogP contribution < -0.4 is 0 Å². The molecule has 0 amide bonds. The monoisotopic (exact) mass is 414 g/mol. The number of hydrogen-bond donors (Lipinski definition) is 2. The molecule has 0 aromatic heterocycles. The molecule has 2 aliphatic carbocycles. The highest BCUT2D eigenvalue weighted by molar-refractivity contribution is 5.70. The van der Waals surface area contributed by atoms with Crippen molar-refractivity contribution in [2.75, 3.05) is 6.61 Å². The van der Waals surface area contributed by atoms with Gasteiger partial charge in [0.2, 0.25) is 0 Å². The summed E-state index contributed by atoms with van der Waals surface area (Å²) in [6.45, 7) is 5.86. The van der Waals surface area contributed by atoms with Crippen molar-refractivity contribution in [3.05, 3.63) is 47.5 Å². The first-order valence-corrected chi connectivity index (χ1v) is 10.8. The van der Waals surface area contributed by atoms with E-state index in [4.69, 9.17) is 14.2 Å². The van der Waals surface area contributed by atoms with Crippen LogP contribution in [-0.4, -0.2) is 46.6 Å². The summed E-state index contributed by atoms with van der Waals surface area (Å²) in [5.74, 6) is -1.93. The van der Waals surface area contributed by atoms with Crippen LogP contribution in [0.5, 0.6) is 0 Å². The molecular weight excluding hydrogens is 384 g/mol. The van der Waals surface area contributed by atoms with Crippen molar-refractivity contribution in [1.29, 1.82) is 0 Å². The molecule has 3 saturated heterocycles. The Kier molecular flexibility index (Phi) is 4.30. The third-order valence-corrected chi connectivity index (χ3v) is 8.34. The number of rotatable bonds is 4. The van der Waals surface area contributed by atoms with Gasteiger partial charge in [-0.2, -0.15) is 0 Å². The van der Waals surface area contributed by atoms with Crippen molar-refractivity contribution in [2.24, 2.45) is 16.7 Å². The van der Waals surface area contributed by atoms with Crippen molar-refractivity contribution in [3.8, 4) is 0 Å². The van der Waals surface area contributed by atoms with E-state index in [0.717, 1.165) is 17.6 Å². The first-order chi connectivity index (χ1) is 14.1. The van der Waals surface area contributed by atoms with Crippen molar-refractivity contribution in [3.63, 3.8) is 0 Å². The minimum absolute atomic E-state index is 0.134. The van der Waals surface area contributed by atoms with Gasteiger partial charge < -0.3 is 24.4 Å². The van der Waals surface area contributed by atoms with Gasteiger partial charge in [0.1, 0.15) is 5.60 Å². The van der Waals surface area contributed by atoms with E-state index < -0.39 is 34.6 Å². The number of aliphatic hydroxyl groups is 2. The molecule has 162 valence electrons. The normalized spacial score (nSPS) is 46.3. The number of hydrogen-bond acceptors (Lipinski definition) is 6. The van der Waals surface area contributed by atoms with Crippen molar-refractivity contribution in [1.82, 2.24) is 0 Å². The van der Waals surface area contributed by atoms with E-state index in [2.05, 4.69) is 13.0 Å². The van der Waals surface area contributed by atoms with E-state index >= 15 is 0 Å². The van der Waals surface area contributed by atoms with E-state index in [9.17, 15) is 15.0 Å². The highest BCUT2D eigenvalue weighted by Gasteiger charge is 2.78. The Morgan fingerprint density at radius 2 is 1.97 bits per heavy atom. The number of carbonyl (C=O) groups excluding carboxylic acids is 1. The lowest BCUT2D eigenvalue weighted by Gasteiger charge is -2.64. The summed E-state index contributed by atoms with van der Waals surface area (Å²) in [5.41, 5.74) is -0.840. The molecule has 1 saturated carbocycles. The fourth-order valence-electron chi connectivity index (χ4n) is 6.26. The van der Waals surface area contributed by atoms with E-state index in [1.165, 1.54) is 0 Å². The largest absolute Gasteiger partial charge is 0.456 e. The molecule has 1 aromatic rings. The second kappa shape index (κ2) is 6.39. The van der Waals surface area contributed by atoms with Crippen LogP contribution in [0.1, 0.15) is 45.6 Å². The summed E-state index contributed by atoms with van der Waals surface area (Å²) < 4.78 is 18.0. The van der Waals surface area contributed by atoms with Gasteiger partial charge in [-0.3, -0.25) is 4.79 Å². The predicted molar refractivity (Wildman–Crippen MR) is 108 cm³/mol. The van der Waals surface area contributed by atoms with Gasteiger partial charge >= 0.3 is 5.97 Å². The molecule has 7 atom stereocenters. The van der Waals surface area contributed by atoms with Crippen LogP contribution in [0.3, 0.4) is 0 Å². The lowest BCUT2D eigenvalue weighted by molar-refractivity contribution is -0.407. The molecule has 4 bridgehead atoms. The third-order valence-electron chi connectivity index (χ3n) is 8.34. The van der Waals surface area contributed by atoms with E-state index in [-0.39, 0.29) is 31.3 Å². The van der Waals surface area contributed by atoms with E-state index in [0.29, 0.717) is 6.42 Å². The Labute approximate surface area is 176 Å². The Morgan fingerprint density at radius 1 is 1.23 bits per heavy atom. The number of allylic oxidation sites excluding steroid dienone is 1. The first-order valence-electron chi connectivity index (χ1n) is 10.8. The van der Waals surface area contributed by atoms with Gasteiger partial charge in [0, 0.05) is 23.7 Å². The second-order valence-electron chi connectivity index (χ2n) is 9.85. The highest BCUT2D eigenvalue weighted by atomic mass is 16.8. The SMILES string of the molecule is C[C@@H]1CC=C2[C@]13C[C@@]1(O)OC(OC[C@@]2(C)[C@@]1(C)O)[C@@H]3OC(=O)CCc1ccccc1. The number of ether oxygens (including phenoxy) is 3. The van der Waals surface area contributed by atoms with Crippen LogP contribution in [0.25, 0.3) is 0 Å². The number of esters is 1. The molecular formula is C24H30O6. The Morgan fingerprint density at radius 3 is 2.70 bits per heavy atom. The third kappa shape index (κ3) is 2.42.